The van der Waals surface area contributed by atoms with Gasteiger partial charge in [0.05, 0.1) is 5.60 Å². The van der Waals surface area contributed by atoms with Crippen LogP contribution in [0.1, 0.15) is 32.0 Å². The Morgan fingerprint density at radius 2 is 2.05 bits per heavy atom. The SMILES string of the molecule is Cc1nc(S(=O)(=O)N2CCCC(C)(O)CC2)cn1C. The highest BCUT2D eigenvalue weighted by Gasteiger charge is 2.32. The lowest BCUT2D eigenvalue weighted by Gasteiger charge is -2.21. The van der Waals surface area contributed by atoms with Gasteiger partial charge < -0.3 is 9.67 Å². The second kappa shape index (κ2) is 4.88. The normalized spacial score (nSPS) is 26.3. The molecule has 1 aliphatic rings. The minimum Gasteiger partial charge on any atom is -0.390 e. The van der Waals surface area contributed by atoms with Gasteiger partial charge in [-0.3, -0.25) is 0 Å². The molecular weight excluding hydrogens is 266 g/mol. The number of sulfonamides is 1. The molecule has 0 bridgehead atoms. The number of rotatable bonds is 2. The Bertz CT molecular complexity index is 543. The number of nitrogens with zero attached hydrogens (tertiary/aromatic N) is 3. The molecule has 2 heterocycles. The Kier molecular flexibility index (Phi) is 3.72. The molecule has 0 saturated carbocycles. The third-order valence-electron chi connectivity index (χ3n) is 3.71. The van der Waals surface area contributed by atoms with Gasteiger partial charge in [-0.15, -0.1) is 0 Å². The summed E-state index contributed by atoms with van der Waals surface area (Å²) in [4.78, 5) is 4.09. The fourth-order valence-corrected chi connectivity index (χ4v) is 3.77. The van der Waals surface area contributed by atoms with Crippen molar-refractivity contribution in [3.8, 4) is 0 Å². The quantitative estimate of drug-likeness (QED) is 0.867. The van der Waals surface area contributed by atoms with Crippen LogP contribution in [0.3, 0.4) is 0 Å². The summed E-state index contributed by atoms with van der Waals surface area (Å²) in [6.07, 6.45) is 3.28. The summed E-state index contributed by atoms with van der Waals surface area (Å²) in [5, 5.41) is 10.1. The van der Waals surface area contributed by atoms with E-state index in [-0.39, 0.29) is 5.03 Å². The first kappa shape index (κ1) is 14.5. The highest BCUT2D eigenvalue weighted by atomic mass is 32.2. The lowest BCUT2D eigenvalue weighted by Crippen LogP contribution is -2.33. The molecule has 1 N–H and O–H groups in total. The topological polar surface area (TPSA) is 75.4 Å². The fourth-order valence-electron chi connectivity index (χ4n) is 2.26. The van der Waals surface area contributed by atoms with Crippen molar-refractivity contribution in [3.63, 3.8) is 0 Å². The molecule has 0 spiro atoms. The smallest absolute Gasteiger partial charge is 0.262 e. The van der Waals surface area contributed by atoms with Crippen LogP contribution >= 0.6 is 0 Å². The first-order valence-electron chi connectivity index (χ1n) is 6.45. The molecule has 1 fully saturated rings. The van der Waals surface area contributed by atoms with E-state index in [1.54, 1.807) is 25.5 Å². The number of aromatic nitrogens is 2. The molecule has 1 unspecified atom stereocenters. The van der Waals surface area contributed by atoms with Gasteiger partial charge in [-0.05, 0) is 33.1 Å². The van der Waals surface area contributed by atoms with Crippen molar-refractivity contribution < 1.29 is 13.5 Å². The Morgan fingerprint density at radius 3 is 2.63 bits per heavy atom. The van der Waals surface area contributed by atoms with Crippen LogP contribution < -0.4 is 0 Å². The van der Waals surface area contributed by atoms with E-state index >= 15 is 0 Å². The molecule has 108 valence electrons. The molecule has 1 aliphatic heterocycles. The van der Waals surface area contributed by atoms with E-state index in [1.165, 1.54) is 10.5 Å². The third-order valence-corrected chi connectivity index (χ3v) is 5.48. The van der Waals surface area contributed by atoms with Crippen LogP contribution in [0.5, 0.6) is 0 Å². The van der Waals surface area contributed by atoms with Crippen molar-refractivity contribution in [2.75, 3.05) is 13.1 Å². The summed E-state index contributed by atoms with van der Waals surface area (Å²) in [7, 11) is -1.77. The number of hydrogen-bond acceptors (Lipinski definition) is 4. The van der Waals surface area contributed by atoms with Gasteiger partial charge in [-0.1, -0.05) is 0 Å². The summed E-state index contributed by atoms with van der Waals surface area (Å²) in [5.41, 5.74) is -0.774. The van der Waals surface area contributed by atoms with Gasteiger partial charge in [-0.2, -0.15) is 4.31 Å². The van der Waals surface area contributed by atoms with E-state index in [9.17, 15) is 13.5 Å². The van der Waals surface area contributed by atoms with Gasteiger partial charge in [0.2, 0.25) is 0 Å². The van der Waals surface area contributed by atoms with Crippen LogP contribution in [0.15, 0.2) is 11.2 Å². The third kappa shape index (κ3) is 2.98. The molecule has 7 heteroatoms. The van der Waals surface area contributed by atoms with Gasteiger partial charge >= 0.3 is 0 Å². The summed E-state index contributed by atoms with van der Waals surface area (Å²) < 4.78 is 28.1. The largest absolute Gasteiger partial charge is 0.390 e. The van der Waals surface area contributed by atoms with E-state index in [0.29, 0.717) is 38.2 Å². The molecule has 19 heavy (non-hydrogen) atoms. The van der Waals surface area contributed by atoms with Crippen molar-refractivity contribution in [2.45, 2.75) is 43.7 Å². The van der Waals surface area contributed by atoms with Crippen molar-refractivity contribution in [1.82, 2.24) is 13.9 Å². The average molecular weight is 287 g/mol. The van der Waals surface area contributed by atoms with Gasteiger partial charge in [0.1, 0.15) is 5.82 Å². The molecule has 2 rings (SSSR count). The standard InChI is InChI=1S/C12H21N3O3S/c1-10-13-11(9-14(10)3)19(17,18)15-7-4-5-12(2,16)6-8-15/h9,16H,4-8H2,1-3H3. The lowest BCUT2D eigenvalue weighted by atomic mass is 9.98. The second-order valence-corrected chi connectivity index (χ2v) is 7.38. The van der Waals surface area contributed by atoms with Gasteiger partial charge in [-0.25, -0.2) is 13.4 Å². The van der Waals surface area contributed by atoms with E-state index < -0.39 is 15.6 Å². The molecule has 1 atom stereocenters. The Labute approximate surface area is 114 Å². The van der Waals surface area contributed by atoms with E-state index in [0.717, 1.165) is 0 Å². The van der Waals surface area contributed by atoms with Crippen LogP contribution in [-0.2, 0) is 17.1 Å². The molecule has 0 aromatic carbocycles. The molecule has 6 nitrogen and oxygen atoms in total. The molecule has 0 aliphatic carbocycles. The van der Waals surface area contributed by atoms with Crippen molar-refractivity contribution in [1.29, 1.82) is 0 Å². The number of hydrogen-bond donors (Lipinski definition) is 1. The predicted octanol–water partition coefficient (Wildman–Crippen LogP) is 0.654. The van der Waals surface area contributed by atoms with Crippen LogP contribution in [-0.4, -0.2) is 46.1 Å². The van der Waals surface area contributed by atoms with Crippen LogP contribution in [0.2, 0.25) is 0 Å². The maximum absolute atomic E-state index is 12.5. The minimum atomic E-state index is -3.55. The summed E-state index contributed by atoms with van der Waals surface area (Å²) in [6.45, 7) is 4.30. The predicted molar refractivity (Wildman–Crippen MR) is 71.2 cm³/mol. The Morgan fingerprint density at radius 1 is 1.37 bits per heavy atom. The molecule has 0 radical (unpaired) electrons. The highest BCUT2D eigenvalue weighted by Crippen LogP contribution is 2.25. The van der Waals surface area contributed by atoms with Gasteiger partial charge in [0.25, 0.3) is 10.0 Å². The minimum absolute atomic E-state index is 0.0917. The molecule has 1 saturated heterocycles. The van der Waals surface area contributed by atoms with Crippen molar-refractivity contribution in [2.24, 2.45) is 7.05 Å². The molecule has 1 aromatic rings. The Hall–Kier alpha value is -0.920. The molecule has 0 amide bonds. The van der Waals surface area contributed by atoms with Gasteiger partial charge in [0, 0.05) is 26.3 Å². The monoisotopic (exact) mass is 287 g/mol. The summed E-state index contributed by atoms with van der Waals surface area (Å²) in [6, 6.07) is 0. The number of aliphatic hydroxyl groups is 1. The van der Waals surface area contributed by atoms with E-state index in [2.05, 4.69) is 4.98 Å². The van der Waals surface area contributed by atoms with Crippen LogP contribution in [0.25, 0.3) is 0 Å². The summed E-state index contributed by atoms with van der Waals surface area (Å²) in [5.74, 6) is 0.667. The van der Waals surface area contributed by atoms with E-state index in [4.69, 9.17) is 0 Å². The molecule has 1 aromatic heterocycles. The zero-order chi connectivity index (χ0) is 14.3. The van der Waals surface area contributed by atoms with Gasteiger partial charge in [0.15, 0.2) is 5.03 Å². The second-order valence-electron chi connectivity index (χ2n) is 5.49. The number of imidazole rings is 1. The summed E-state index contributed by atoms with van der Waals surface area (Å²) >= 11 is 0. The maximum atomic E-state index is 12.5. The fraction of sp³-hybridized carbons (Fsp3) is 0.750. The maximum Gasteiger partial charge on any atom is 0.262 e. The first-order chi connectivity index (χ1) is 8.72. The van der Waals surface area contributed by atoms with Crippen LogP contribution in [0, 0.1) is 6.92 Å². The molecular formula is C12H21N3O3S. The zero-order valence-electron chi connectivity index (χ0n) is 11.6. The lowest BCUT2D eigenvalue weighted by molar-refractivity contribution is 0.0465. The zero-order valence-corrected chi connectivity index (χ0v) is 12.4. The Balaban J connectivity index is 2.25. The van der Waals surface area contributed by atoms with E-state index in [1.807, 2.05) is 0 Å². The number of aryl methyl sites for hydroxylation is 2. The average Bonchev–Trinajstić information content (AvgIpc) is 2.54. The van der Waals surface area contributed by atoms with Crippen molar-refractivity contribution >= 4 is 10.0 Å². The first-order valence-corrected chi connectivity index (χ1v) is 7.89. The van der Waals surface area contributed by atoms with Crippen molar-refractivity contribution in [3.05, 3.63) is 12.0 Å². The van der Waals surface area contributed by atoms with Crippen LogP contribution in [0.4, 0.5) is 0 Å². The highest BCUT2D eigenvalue weighted by molar-refractivity contribution is 7.89.